The molecule has 2 aromatic carbocycles. The van der Waals surface area contributed by atoms with E-state index in [4.69, 9.17) is 4.74 Å². The molecule has 2 aromatic rings. The van der Waals surface area contributed by atoms with Crippen molar-refractivity contribution >= 4 is 0 Å². The summed E-state index contributed by atoms with van der Waals surface area (Å²) in [5, 5.41) is 10.5. The number of aliphatic hydroxyl groups is 1. The predicted molar refractivity (Wildman–Crippen MR) is 84.7 cm³/mol. The lowest BCUT2D eigenvalue weighted by Gasteiger charge is -2.14. The molecule has 1 aliphatic rings. The van der Waals surface area contributed by atoms with Gasteiger partial charge in [0.25, 0.3) is 0 Å². The molecule has 1 fully saturated rings. The number of aryl methyl sites for hydroxylation is 1. The van der Waals surface area contributed by atoms with Crippen molar-refractivity contribution in [1.29, 1.82) is 0 Å². The van der Waals surface area contributed by atoms with E-state index in [-0.39, 0.29) is 6.10 Å². The van der Waals surface area contributed by atoms with Gasteiger partial charge in [0.2, 0.25) is 0 Å². The van der Waals surface area contributed by atoms with Crippen LogP contribution in [0.25, 0.3) is 0 Å². The van der Waals surface area contributed by atoms with Crippen molar-refractivity contribution in [2.24, 2.45) is 5.92 Å². The molecule has 0 spiro atoms. The zero-order chi connectivity index (χ0) is 14.8. The summed E-state index contributed by atoms with van der Waals surface area (Å²) in [5.41, 5.74) is 3.65. The third-order valence-corrected chi connectivity index (χ3v) is 4.43. The zero-order valence-corrected chi connectivity index (χ0v) is 12.6. The third kappa shape index (κ3) is 3.11. The molecule has 3 unspecified atom stereocenters. The van der Waals surface area contributed by atoms with Gasteiger partial charge in [-0.2, -0.15) is 0 Å². The molecule has 0 saturated heterocycles. The molecule has 1 saturated carbocycles. The molecule has 0 amide bonds. The molecule has 0 heterocycles. The highest BCUT2D eigenvalue weighted by Gasteiger charge is 2.43. The van der Waals surface area contributed by atoms with Crippen LogP contribution in [-0.4, -0.2) is 18.3 Å². The highest BCUT2D eigenvalue weighted by molar-refractivity contribution is 5.38. The molecule has 1 N–H and O–H groups in total. The summed E-state index contributed by atoms with van der Waals surface area (Å²) in [7, 11) is 1.68. The largest absolute Gasteiger partial charge is 0.496 e. The molecule has 1 aliphatic carbocycles. The molecule has 21 heavy (non-hydrogen) atoms. The van der Waals surface area contributed by atoms with Crippen molar-refractivity contribution in [3.8, 4) is 5.75 Å². The highest BCUT2D eigenvalue weighted by Crippen LogP contribution is 2.50. The lowest BCUT2D eigenvalue weighted by Crippen LogP contribution is -2.15. The molecular formula is C19H22O2. The van der Waals surface area contributed by atoms with Crippen molar-refractivity contribution < 1.29 is 9.84 Å². The van der Waals surface area contributed by atoms with Crippen LogP contribution in [0.2, 0.25) is 0 Å². The Morgan fingerprint density at radius 2 is 1.95 bits per heavy atom. The van der Waals surface area contributed by atoms with E-state index >= 15 is 0 Å². The molecule has 2 nitrogen and oxygen atoms in total. The minimum Gasteiger partial charge on any atom is -0.496 e. The number of benzene rings is 2. The lowest BCUT2D eigenvalue weighted by atomic mass is 9.99. The van der Waals surface area contributed by atoms with Gasteiger partial charge in [-0.1, -0.05) is 48.0 Å². The predicted octanol–water partition coefficient (Wildman–Crippen LogP) is 3.71. The second-order valence-corrected chi connectivity index (χ2v) is 6.00. The van der Waals surface area contributed by atoms with Gasteiger partial charge >= 0.3 is 0 Å². The van der Waals surface area contributed by atoms with Crippen LogP contribution in [0.5, 0.6) is 5.75 Å². The Labute approximate surface area is 126 Å². The van der Waals surface area contributed by atoms with Crippen molar-refractivity contribution in [2.45, 2.75) is 31.8 Å². The summed E-state index contributed by atoms with van der Waals surface area (Å²) in [6.07, 6.45) is 1.45. The first-order valence-electron chi connectivity index (χ1n) is 7.55. The fourth-order valence-electron chi connectivity index (χ4n) is 3.17. The quantitative estimate of drug-likeness (QED) is 0.906. The third-order valence-electron chi connectivity index (χ3n) is 4.43. The van der Waals surface area contributed by atoms with Gasteiger partial charge in [-0.3, -0.25) is 0 Å². The zero-order valence-electron chi connectivity index (χ0n) is 12.6. The summed E-state index contributed by atoms with van der Waals surface area (Å²) in [5.74, 6) is 1.76. The van der Waals surface area contributed by atoms with Gasteiger partial charge in [-0.05, 0) is 42.4 Å². The molecular weight excluding hydrogens is 260 g/mol. The van der Waals surface area contributed by atoms with Crippen LogP contribution >= 0.6 is 0 Å². The van der Waals surface area contributed by atoms with Gasteiger partial charge in [-0.15, -0.1) is 0 Å². The highest BCUT2D eigenvalue weighted by atomic mass is 16.5. The van der Waals surface area contributed by atoms with Crippen LogP contribution in [0.15, 0.2) is 48.5 Å². The summed E-state index contributed by atoms with van der Waals surface area (Å²) in [4.78, 5) is 0. The average molecular weight is 282 g/mol. The van der Waals surface area contributed by atoms with Crippen molar-refractivity contribution in [3.05, 3.63) is 65.2 Å². The summed E-state index contributed by atoms with van der Waals surface area (Å²) >= 11 is 0. The number of methoxy groups -OCH3 is 1. The van der Waals surface area contributed by atoms with E-state index in [1.165, 1.54) is 11.1 Å². The Balaban J connectivity index is 1.68. The number of rotatable bonds is 5. The molecule has 0 bridgehead atoms. The van der Waals surface area contributed by atoms with Crippen LogP contribution in [0.4, 0.5) is 0 Å². The van der Waals surface area contributed by atoms with Crippen molar-refractivity contribution in [3.63, 3.8) is 0 Å². The van der Waals surface area contributed by atoms with Gasteiger partial charge < -0.3 is 9.84 Å². The topological polar surface area (TPSA) is 29.5 Å². The second kappa shape index (κ2) is 5.90. The first-order valence-corrected chi connectivity index (χ1v) is 7.55. The average Bonchev–Trinajstić information content (AvgIpc) is 3.29. The maximum Gasteiger partial charge on any atom is 0.122 e. The summed E-state index contributed by atoms with van der Waals surface area (Å²) < 4.78 is 5.40. The number of hydrogen-bond donors (Lipinski definition) is 1. The van der Waals surface area contributed by atoms with Gasteiger partial charge in [0.1, 0.15) is 5.75 Å². The Morgan fingerprint density at radius 1 is 1.19 bits per heavy atom. The van der Waals surface area contributed by atoms with E-state index in [1.807, 2.05) is 18.2 Å². The van der Waals surface area contributed by atoms with Gasteiger partial charge in [0, 0.05) is 6.42 Å². The Morgan fingerprint density at radius 3 is 2.67 bits per heavy atom. The molecule has 2 heteroatoms. The number of aliphatic hydroxyl groups excluding tert-OH is 1. The first-order chi connectivity index (χ1) is 10.2. The van der Waals surface area contributed by atoms with Gasteiger partial charge in [0.15, 0.2) is 0 Å². The smallest absolute Gasteiger partial charge is 0.122 e. The molecule has 0 aromatic heterocycles. The molecule has 0 aliphatic heterocycles. The van der Waals surface area contributed by atoms with Crippen LogP contribution < -0.4 is 4.74 Å². The van der Waals surface area contributed by atoms with Crippen LogP contribution in [0, 0.1) is 12.8 Å². The van der Waals surface area contributed by atoms with E-state index in [2.05, 4.69) is 37.3 Å². The van der Waals surface area contributed by atoms with Gasteiger partial charge in [-0.25, -0.2) is 0 Å². The van der Waals surface area contributed by atoms with E-state index in [9.17, 15) is 5.11 Å². The van der Waals surface area contributed by atoms with E-state index in [0.717, 1.165) is 17.7 Å². The van der Waals surface area contributed by atoms with Gasteiger partial charge in [0.05, 0.1) is 13.2 Å². The maximum atomic E-state index is 10.5. The molecule has 3 atom stereocenters. The molecule has 0 radical (unpaired) electrons. The Hall–Kier alpha value is -1.80. The Bertz CT molecular complexity index is 606. The Kier molecular flexibility index (Phi) is 3.98. The lowest BCUT2D eigenvalue weighted by molar-refractivity contribution is 0.148. The van der Waals surface area contributed by atoms with Crippen LogP contribution in [0.3, 0.4) is 0 Å². The SMILES string of the molecule is COc1ccc(C)cc1CC(O)C1CC1c1ccccc1. The molecule has 110 valence electrons. The van der Waals surface area contributed by atoms with E-state index in [0.29, 0.717) is 18.3 Å². The summed E-state index contributed by atoms with van der Waals surface area (Å²) in [6, 6.07) is 16.6. The van der Waals surface area contributed by atoms with Crippen LogP contribution in [-0.2, 0) is 6.42 Å². The fourth-order valence-corrected chi connectivity index (χ4v) is 3.17. The maximum absolute atomic E-state index is 10.5. The standard InChI is InChI=1S/C19H22O2/c1-13-8-9-19(21-2)15(10-13)11-18(20)17-12-16(17)14-6-4-3-5-7-14/h3-10,16-18,20H,11-12H2,1-2H3. The van der Waals surface area contributed by atoms with Crippen LogP contribution in [0.1, 0.15) is 29.0 Å². The van der Waals surface area contributed by atoms with Crippen molar-refractivity contribution in [1.82, 2.24) is 0 Å². The molecule has 3 rings (SSSR count). The first kappa shape index (κ1) is 14.2. The minimum absolute atomic E-state index is 0.300. The monoisotopic (exact) mass is 282 g/mol. The normalized spacial score (nSPS) is 21.9. The fraction of sp³-hybridized carbons (Fsp3) is 0.368. The van der Waals surface area contributed by atoms with E-state index < -0.39 is 0 Å². The van der Waals surface area contributed by atoms with Crippen molar-refractivity contribution in [2.75, 3.05) is 7.11 Å². The van der Waals surface area contributed by atoms with E-state index in [1.54, 1.807) is 7.11 Å². The minimum atomic E-state index is -0.300. The number of hydrogen-bond acceptors (Lipinski definition) is 2. The summed E-state index contributed by atoms with van der Waals surface area (Å²) in [6.45, 7) is 2.07. The second-order valence-electron chi connectivity index (χ2n) is 6.00. The number of ether oxygens (including phenoxy) is 1.